The molecule has 8 nitrogen and oxygen atoms in total. The van der Waals surface area contributed by atoms with Crippen molar-refractivity contribution in [1.82, 2.24) is 9.47 Å². The van der Waals surface area contributed by atoms with Gasteiger partial charge >= 0.3 is 0 Å². The van der Waals surface area contributed by atoms with E-state index in [-0.39, 0.29) is 11.3 Å². The first-order chi connectivity index (χ1) is 13.8. The van der Waals surface area contributed by atoms with E-state index in [4.69, 9.17) is 0 Å². The quantitative estimate of drug-likeness (QED) is 0.334. The minimum Gasteiger partial charge on any atom is -0.340 e. The van der Waals surface area contributed by atoms with Crippen molar-refractivity contribution >= 4 is 17.4 Å². The van der Waals surface area contributed by atoms with E-state index in [0.29, 0.717) is 24.6 Å². The summed E-state index contributed by atoms with van der Waals surface area (Å²) in [5, 5.41) is 11.1. The largest absolute Gasteiger partial charge is 0.340 e. The number of carbonyl (C=O) groups is 2. The normalized spacial score (nSPS) is 15.7. The fourth-order valence-corrected chi connectivity index (χ4v) is 3.49. The number of hydrogen-bond donors (Lipinski definition) is 0. The highest BCUT2D eigenvalue weighted by atomic mass is 16.6. The number of rotatable bonds is 5. The van der Waals surface area contributed by atoms with Gasteiger partial charge in [0.1, 0.15) is 0 Å². The molecule has 1 aromatic carbocycles. The lowest BCUT2D eigenvalue weighted by Crippen LogP contribution is -2.46. The van der Waals surface area contributed by atoms with Gasteiger partial charge in [0.2, 0.25) is 0 Å². The molecule has 0 saturated carbocycles. The second-order valence-electron chi connectivity index (χ2n) is 7.53. The number of aryl methyl sites for hydroxylation is 1. The number of non-ortho nitro benzene ring substituents is 1. The molecule has 0 bridgehead atoms. The van der Waals surface area contributed by atoms with Crippen LogP contribution in [0.25, 0.3) is 0 Å². The van der Waals surface area contributed by atoms with Gasteiger partial charge < -0.3 is 4.90 Å². The molecule has 2 aromatic rings. The molecule has 1 fully saturated rings. The van der Waals surface area contributed by atoms with Crippen LogP contribution in [0.4, 0.5) is 5.69 Å². The molecule has 2 heterocycles. The van der Waals surface area contributed by atoms with Crippen LogP contribution in [0.1, 0.15) is 41.7 Å². The Kier molecular flexibility index (Phi) is 5.91. The van der Waals surface area contributed by atoms with Crippen LogP contribution >= 0.6 is 0 Å². The maximum atomic E-state index is 13.3. The van der Waals surface area contributed by atoms with Crippen LogP contribution in [0, 0.1) is 23.0 Å². The van der Waals surface area contributed by atoms with Gasteiger partial charge in [-0.2, -0.15) is 0 Å². The Morgan fingerprint density at radius 1 is 1.17 bits per heavy atom. The smallest absolute Gasteiger partial charge is 0.270 e. The van der Waals surface area contributed by atoms with Gasteiger partial charge in [-0.1, -0.05) is 19.1 Å². The van der Waals surface area contributed by atoms with Crippen LogP contribution in [0.3, 0.4) is 0 Å². The molecule has 1 saturated heterocycles. The van der Waals surface area contributed by atoms with Crippen molar-refractivity contribution in [1.29, 1.82) is 0 Å². The van der Waals surface area contributed by atoms with E-state index in [9.17, 15) is 24.5 Å². The molecule has 0 N–H and O–H groups in total. The molecular formula is C21H23N3O5. The van der Waals surface area contributed by atoms with Crippen LogP contribution in [0.15, 0.2) is 47.4 Å². The van der Waals surface area contributed by atoms with E-state index in [2.05, 4.69) is 6.92 Å². The number of hydrogen-bond acceptors (Lipinski definition) is 5. The maximum Gasteiger partial charge on any atom is 0.270 e. The van der Waals surface area contributed by atoms with E-state index < -0.39 is 28.2 Å². The summed E-state index contributed by atoms with van der Waals surface area (Å²) in [5.41, 5.74) is 0.0278. The fourth-order valence-electron chi connectivity index (χ4n) is 3.49. The molecule has 0 aliphatic carbocycles. The molecule has 3 rings (SSSR count). The Morgan fingerprint density at radius 3 is 2.48 bits per heavy atom. The lowest BCUT2D eigenvalue weighted by molar-refractivity contribution is -0.384. The third-order valence-corrected chi connectivity index (χ3v) is 5.30. The number of likely N-dealkylation sites (tertiary alicyclic amines) is 1. The number of aromatic nitrogens is 1. The summed E-state index contributed by atoms with van der Waals surface area (Å²) < 4.78 is 1.12. The molecule has 29 heavy (non-hydrogen) atoms. The second-order valence-corrected chi connectivity index (χ2v) is 7.53. The highest BCUT2D eigenvalue weighted by molar-refractivity contribution is 6.12. The maximum absolute atomic E-state index is 13.3. The van der Waals surface area contributed by atoms with Crippen molar-refractivity contribution in [2.45, 2.75) is 32.7 Å². The molecule has 0 spiro atoms. The molecule has 152 valence electrons. The molecule has 0 radical (unpaired) electrons. The standard InChI is InChI=1S/C21H23N3O5/c1-14-6-9-22(10-7-14)21(27)19(23-11-8-15(2)12-18(23)25)20(26)16-4-3-5-17(13-16)24(28)29/h3-5,8,11-14,19H,6-7,9-10H2,1-2H3/t19-/m1/s1. The van der Waals surface area contributed by atoms with Crippen molar-refractivity contribution < 1.29 is 14.5 Å². The summed E-state index contributed by atoms with van der Waals surface area (Å²) in [6.07, 6.45) is 3.08. The number of pyridine rings is 1. The summed E-state index contributed by atoms with van der Waals surface area (Å²) in [6.45, 7) is 4.88. The van der Waals surface area contributed by atoms with Crippen molar-refractivity contribution in [2.24, 2.45) is 5.92 Å². The monoisotopic (exact) mass is 397 g/mol. The number of nitro benzene ring substituents is 1. The Morgan fingerprint density at radius 2 is 1.86 bits per heavy atom. The number of carbonyl (C=O) groups excluding carboxylic acids is 2. The van der Waals surface area contributed by atoms with Gasteiger partial charge in [0, 0.05) is 43.0 Å². The first kappa shape index (κ1) is 20.4. The van der Waals surface area contributed by atoms with Gasteiger partial charge in [0.05, 0.1) is 4.92 Å². The summed E-state index contributed by atoms with van der Waals surface area (Å²) >= 11 is 0. The Hall–Kier alpha value is -3.29. The molecule has 1 aromatic heterocycles. The van der Waals surface area contributed by atoms with Gasteiger partial charge in [-0.05, 0) is 37.3 Å². The second kappa shape index (κ2) is 8.38. The highest BCUT2D eigenvalue weighted by Crippen LogP contribution is 2.23. The zero-order valence-corrected chi connectivity index (χ0v) is 16.4. The zero-order valence-electron chi connectivity index (χ0n) is 16.4. The van der Waals surface area contributed by atoms with Gasteiger partial charge in [-0.25, -0.2) is 0 Å². The number of ketones is 1. The molecule has 1 amide bonds. The lowest BCUT2D eigenvalue weighted by atomic mass is 9.97. The Balaban J connectivity index is 2.04. The van der Waals surface area contributed by atoms with E-state index >= 15 is 0 Å². The lowest BCUT2D eigenvalue weighted by Gasteiger charge is -2.33. The van der Waals surface area contributed by atoms with Crippen molar-refractivity contribution in [2.75, 3.05) is 13.1 Å². The van der Waals surface area contributed by atoms with Gasteiger partial charge in [0.15, 0.2) is 11.8 Å². The van der Waals surface area contributed by atoms with Crippen LogP contribution in [0.2, 0.25) is 0 Å². The van der Waals surface area contributed by atoms with Crippen LogP contribution in [0.5, 0.6) is 0 Å². The van der Waals surface area contributed by atoms with E-state index in [1.807, 2.05) is 0 Å². The van der Waals surface area contributed by atoms with Crippen LogP contribution in [-0.4, -0.2) is 39.2 Å². The topological polar surface area (TPSA) is 103 Å². The van der Waals surface area contributed by atoms with Gasteiger partial charge in [-0.15, -0.1) is 0 Å². The van der Waals surface area contributed by atoms with Gasteiger partial charge in [0.25, 0.3) is 17.2 Å². The van der Waals surface area contributed by atoms with Crippen molar-refractivity contribution in [3.63, 3.8) is 0 Å². The molecule has 8 heteroatoms. The third kappa shape index (κ3) is 4.42. The number of benzene rings is 1. The predicted molar refractivity (Wildman–Crippen MR) is 107 cm³/mol. The minimum absolute atomic E-state index is 0.0235. The SMILES string of the molecule is Cc1ccn([C@H](C(=O)c2cccc([N+](=O)[O-])c2)C(=O)N2CCC(C)CC2)c(=O)c1. The number of piperidine rings is 1. The molecule has 0 unspecified atom stereocenters. The number of amides is 1. The number of Topliss-reactive ketones (excluding diaryl/α,β-unsaturated/α-hetero) is 1. The van der Waals surface area contributed by atoms with Crippen molar-refractivity contribution in [3.05, 3.63) is 74.2 Å². The molecule has 1 aliphatic rings. The average molecular weight is 397 g/mol. The first-order valence-corrected chi connectivity index (χ1v) is 9.54. The average Bonchev–Trinajstić information content (AvgIpc) is 2.70. The third-order valence-electron chi connectivity index (χ3n) is 5.30. The summed E-state index contributed by atoms with van der Waals surface area (Å²) in [7, 11) is 0. The van der Waals surface area contributed by atoms with Crippen LogP contribution < -0.4 is 5.56 Å². The molecule has 1 aliphatic heterocycles. The number of nitro groups is 1. The predicted octanol–water partition coefficient (Wildman–Crippen LogP) is 2.75. The molecule has 1 atom stereocenters. The summed E-state index contributed by atoms with van der Waals surface area (Å²) in [4.78, 5) is 51.2. The van der Waals surface area contributed by atoms with E-state index in [1.54, 1.807) is 17.9 Å². The van der Waals surface area contributed by atoms with Gasteiger partial charge in [-0.3, -0.25) is 29.1 Å². The first-order valence-electron chi connectivity index (χ1n) is 9.54. The Bertz CT molecular complexity index is 1010. The molecular weight excluding hydrogens is 374 g/mol. The fraction of sp³-hybridized carbons (Fsp3) is 0.381. The van der Waals surface area contributed by atoms with E-state index in [0.717, 1.165) is 23.5 Å². The minimum atomic E-state index is -1.39. The summed E-state index contributed by atoms with van der Waals surface area (Å²) in [5.74, 6) is -0.602. The highest BCUT2D eigenvalue weighted by Gasteiger charge is 2.35. The van der Waals surface area contributed by atoms with Crippen LogP contribution in [-0.2, 0) is 4.79 Å². The Labute approximate surface area is 167 Å². The van der Waals surface area contributed by atoms with Crippen molar-refractivity contribution in [3.8, 4) is 0 Å². The number of nitrogens with zero attached hydrogens (tertiary/aromatic N) is 3. The summed E-state index contributed by atoms with van der Waals surface area (Å²) in [6, 6.07) is 6.86. The van der Waals surface area contributed by atoms with E-state index in [1.165, 1.54) is 30.5 Å². The zero-order chi connectivity index (χ0) is 21.1.